The van der Waals surface area contributed by atoms with Crippen LogP contribution in [-0.4, -0.2) is 16.0 Å². The van der Waals surface area contributed by atoms with Crippen molar-refractivity contribution in [3.8, 4) is 17.3 Å². The van der Waals surface area contributed by atoms with Crippen LogP contribution in [0.15, 0.2) is 24.3 Å². The van der Waals surface area contributed by atoms with Crippen LogP contribution >= 0.6 is 0 Å². The Balaban J connectivity index is 2.39. The molecular formula is C18H22N4. The molecule has 0 amide bonds. The molecule has 0 radical (unpaired) electrons. The van der Waals surface area contributed by atoms with Gasteiger partial charge < -0.3 is 5.32 Å². The molecule has 1 heterocycles. The van der Waals surface area contributed by atoms with Crippen LogP contribution in [0.5, 0.6) is 0 Å². The highest BCUT2D eigenvalue weighted by molar-refractivity contribution is 5.65. The Morgan fingerprint density at radius 1 is 1.14 bits per heavy atom. The van der Waals surface area contributed by atoms with E-state index >= 15 is 0 Å². The summed E-state index contributed by atoms with van der Waals surface area (Å²) >= 11 is 0. The standard InChI is InChI=1S/C18H22N4/c1-5-16(6-2)22-18-13(4)20-17(12(3)21-18)15-9-7-8-14(10-15)11-19/h7-10,16H,5-6H2,1-4H3,(H,21,22). The van der Waals surface area contributed by atoms with Gasteiger partial charge >= 0.3 is 0 Å². The first kappa shape index (κ1) is 16.0. The van der Waals surface area contributed by atoms with Gasteiger partial charge in [0.1, 0.15) is 5.82 Å². The van der Waals surface area contributed by atoms with E-state index in [-0.39, 0.29) is 0 Å². The lowest BCUT2D eigenvalue weighted by molar-refractivity contribution is 0.666. The Morgan fingerprint density at radius 3 is 2.50 bits per heavy atom. The minimum atomic E-state index is 0.417. The highest BCUT2D eigenvalue weighted by Crippen LogP contribution is 2.24. The molecule has 0 saturated carbocycles. The second kappa shape index (κ2) is 7.04. The van der Waals surface area contributed by atoms with Crippen molar-refractivity contribution in [3.05, 3.63) is 41.2 Å². The van der Waals surface area contributed by atoms with Crippen LogP contribution in [0.25, 0.3) is 11.3 Å². The molecule has 0 saturated heterocycles. The van der Waals surface area contributed by atoms with Crippen LogP contribution in [0.3, 0.4) is 0 Å². The van der Waals surface area contributed by atoms with Crippen LogP contribution in [0.1, 0.15) is 43.6 Å². The maximum Gasteiger partial charge on any atom is 0.148 e. The highest BCUT2D eigenvalue weighted by Gasteiger charge is 2.12. The topological polar surface area (TPSA) is 61.6 Å². The number of nitriles is 1. The van der Waals surface area contributed by atoms with Crippen molar-refractivity contribution in [2.24, 2.45) is 0 Å². The molecule has 0 atom stereocenters. The van der Waals surface area contributed by atoms with Crippen molar-refractivity contribution in [1.82, 2.24) is 9.97 Å². The highest BCUT2D eigenvalue weighted by atomic mass is 15.0. The summed E-state index contributed by atoms with van der Waals surface area (Å²) < 4.78 is 0. The number of benzene rings is 1. The fourth-order valence-electron chi connectivity index (χ4n) is 2.44. The van der Waals surface area contributed by atoms with E-state index in [1.807, 2.05) is 32.0 Å². The van der Waals surface area contributed by atoms with Gasteiger partial charge in [-0.25, -0.2) is 9.97 Å². The number of aromatic nitrogens is 2. The lowest BCUT2D eigenvalue weighted by Crippen LogP contribution is -2.19. The second-order valence-corrected chi connectivity index (χ2v) is 5.44. The third-order valence-corrected chi connectivity index (χ3v) is 3.84. The van der Waals surface area contributed by atoms with E-state index < -0.39 is 0 Å². The average molecular weight is 294 g/mol. The summed E-state index contributed by atoms with van der Waals surface area (Å²) in [7, 11) is 0. The number of aryl methyl sites for hydroxylation is 2. The van der Waals surface area contributed by atoms with Gasteiger partial charge in [0.15, 0.2) is 0 Å². The van der Waals surface area contributed by atoms with Gasteiger partial charge in [-0.15, -0.1) is 0 Å². The quantitative estimate of drug-likeness (QED) is 0.896. The number of hydrogen-bond acceptors (Lipinski definition) is 4. The normalized spacial score (nSPS) is 10.5. The van der Waals surface area contributed by atoms with Crippen molar-refractivity contribution in [1.29, 1.82) is 5.26 Å². The summed E-state index contributed by atoms with van der Waals surface area (Å²) in [5.41, 5.74) is 4.16. The molecule has 2 aromatic rings. The molecule has 1 aromatic carbocycles. The van der Waals surface area contributed by atoms with Gasteiger partial charge in [-0.3, -0.25) is 0 Å². The fraction of sp³-hybridized carbons (Fsp3) is 0.389. The lowest BCUT2D eigenvalue weighted by atomic mass is 10.1. The van der Waals surface area contributed by atoms with Crippen molar-refractivity contribution < 1.29 is 0 Å². The lowest BCUT2D eigenvalue weighted by Gasteiger charge is -2.18. The molecule has 1 aromatic heterocycles. The van der Waals surface area contributed by atoms with Gasteiger partial charge in [0.05, 0.1) is 28.7 Å². The zero-order valence-electron chi connectivity index (χ0n) is 13.6. The van der Waals surface area contributed by atoms with E-state index in [9.17, 15) is 0 Å². The Bertz CT molecular complexity index is 697. The molecule has 1 N–H and O–H groups in total. The molecule has 114 valence electrons. The number of anilines is 1. The summed E-state index contributed by atoms with van der Waals surface area (Å²) in [5.74, 6) is 0.853. The van der Waals surface area contributed by atoms with Gasteiger partial charge in [0.2, 0.25) is 0 Å². The van der Waals surface area contributed by atoms with Crippen LogP contribution in [0, 0.1) is 25.2 Å². The largest absolute Gasteiger partial charge is 0.366 e. The van der Waals surface area contributed by atoms with E-state index in [1.165, 1.54) is 0 Å². The molecule has 0 spiro atoms. The first-order valence-corrected chi connectivity index (χ1v) is 7.71. The van der Waals surface area contributed by atoms with Crippen LogP contribution in [-0.2, 0) is 0 Å². The van der Waals surface area contributed by atoms with Crippen LogP contribution in [0.2, 0.25) is 0 Å². The monoisotopic (exact) mass is 294 g/mol. The number of nitrogens with one attached hydrogen (secondary N) is 1. The van der Waals surface area contributed by atoms with E-state index in [0.717, 1.165) is 41.3 Å². The van der Waals surface area contributed by atoms with Crippen LogP contribution in [0.4, 0.5) is 5.82 Å². The molecule has 2 rings (SSSR count). The number of rotatable bonds is 5. The Morgan fingerprint density at radius 2 is 1.86 bits per heavy atom. The maximum absolute atomic E-state index is 9.03. The Hall–Kier alpha value is -2.41. The minimum Gasteiger partial charge on any atom is -0.366 e. The molecule has 0 bridgehead atoms. The van der Waals surface area contributed by atoms with Gasteiger partial charge in [-0.1, -0.05) is 26.0 Å². The predicted molar refractivity (Wildman–Crippen MR) is 89.6 cm³/mol. The first-order chi connectivity index (χ1) is 10.6. The molecule has 4 nitrogen and oxygen atoms in total. The van der Waals surface area contributed by atoms with Gasteiger partial charge in [0.25, 0.3) is 0 Å². The molecule has 0 aliphatic carbocycles. The summed E-state index contributed by atoms with van der Waals surface area (Å²) in [4.78, 5) is 9.39. The molecular weight excluding hydrogens is 272 g/mol. The summed E-state index contributed by atoms with van der Waals surface area (Å²) in [6.45, 7) is 8.25. The number of nitrogens with zero attached hydrogens (tertiary/aromatic N) is 3. The molecule has 4 heteroatoms. The molecule has 0 unspecified atom stereocenters. The van der Waals surface area contributed by atoms with Crippen molar-refractivity contribution in [3.63, 3.8) is 0 Å². The van der Waals surface area contributed by atoms with Crippen LogP contribution < -0.4 is 5.32 Å². The van der Waals surface area contributed by atoms with Gasteiger partial charge in [-0.05, 0) is 38.8 Å². The molecule has 0 aliphatic heterocycles. The number of hydrogen-bond donors (Lipinski definition) is 1. The van der Waals surface area contributed by atoms with Crippen molar-refractivity contribution in [2.45, 2.75) is 46.6 Å². The summed E-state index contributed by atoms with van der Waals surface area (Å²) in [6.07, 6.45) is 2.12. The summed E-state index contributed by atoms with van der Waals surface area (Å²) in [5, 5.41) is 12.5. The van der Waals surface area contributed by atoms with E-state index in [0.29, 0.717) is 11.6 Å². The van der Waals surface area contributed by atoms with E-state index in [2.05, 4.69) is 30.2 Å². The van der Waals surface area contributed by atoms with Crippen molar-refractivity contribution >= 4 is 5.82 Å². The maximum atomic E-state index is 9.03. The Kier molecular flexibility index (Phi) is 5.11. The SMILES string of the molecule is CCC(CC)Nc1nc(C)c(-c2cccc(C#N)c2)nc1C. The zero-order valence-corrected chi connectivity index (χ0v) is 13.6. The predicted octanol–water partition coefficient (Wildman–Crippen LogP) is 4.23. The fourth-order valence-corrected chi connectivity index (χ4v) is 2.44. The summed E-state index contributed by atoms with van der Waals surface area (Å²) in [6, 6.07) is 10.1. The van der Waals surface area contributed by atoms with Crippen molar-refractivity contribution in [2.75, 3.05) is 5.32 Å². The van der Waals surface area contributed by atoms with Gasteiger partial charge in [-0.2, -0.15) is 5.26 Å². The smallest absolute Gasteiger partial charge is 0.148 e. The average Bonchev–Trinajstić information content (AvgIpc) is 2.55. The van der Waals surface area contributed by atoms with E-state index in [1.54, 1.807) is 6.07 Å². The Labute approximate surface area is 132 Å². The molecule has 0 fully saturated rings. The van der Waals surface area contributed by atoms with Gasteiger partial charge in [0, 0.05) is 11.6 Å². The second-order valence-electron chi connectivity index (χ2n) is 5.44. The molecule has 22 heavy (non-hydrogen) atoms. The molecule has 0 aliphatic rings. The first-order valence-electron chi connectivity index (χ1n) is 7.71. The zero-order chi connectivity index (χ0) is 16.1. The van der Waals surface area contributed by atoms with E-state index in [4.69, 9.17) is 10.2 Å². The third-order valence-electron chi connectivity index (χ3n) is 3.84. The minimum absolute atomic E-state index is 0.417. The third kappa shape index (κ3) is 3.43.